The van der Waals surface area contributed by atoms with Crippen molar-refractivity contribution < 1.29 is 4.74 Å². The van der Waals surface area contributed by atoms with E-state index in [4.69, 9.17) is 10.5 Å². The first-order valence-electron chi connectivity index (χ1n) is 4.51. The summed E-state index contributed by atoms with van der Waals surface area (Å²) in [6.45, 7) is 0.701. The van der Waals surface area contributed by atoms with Gasteiger partial charge in [0.25, 0.3) is 0 Å². The number of nitrogens with two attached hydrogens (primary N) is 1. The van der Waals surface area contributed by atoms with Crippen molar-refractivity contribution in [2.24, 2.45) is 5.73 Å². The minimum Gasteiger partial charge on any atom is -0.495 e. The van der Waals surface area contributed by atoms with Crippen molar-refractivity contribution in [2.45, 2.75) is 18.3 Å². The van der Waals surface area contributed by atoms with Gasteiger partial charge in [-0.2, -0.15) is 0 Å². The summed E-state index contributed by atoms with van der Waals surface area (Å²) in [4.78, 5) is 4.35. The molecule has 0 atom stereocenters. The molecule has 0 bridgehead atoms. The smallest absolute Gasteiger partial charge is 0.137 e. The number of ether oxygens (including phenoxy) is 1. The van der Waals surface area contributed by atoms with Gasteiger partial charge in [-0.1, -0.05) is 0 Å². The predicted molar refractivity (Wildman–Crippen MR) is 50.8 cm³/mol. The van der Waals surface area contributed by atoms with Crippen LogP contribution in [0, 0.1) is 0 Å². The van der Waals surface area contributed by atoms with Crippen LogP contribution in [0.1, 0.15) is 18.5 Å². The molecule has 0 radical (unpaired) electrons. The lowest BCUT2D eigenvalue weighted by Gasteiger charge is -2.11. The zero-order valence-corrected chi connectivity index (χ0v) is 7.79. The van der Waals surface area contributed by atoms with Crippen LogP contribution in [-0.2, 0) is 5.41 Å². The Morgan fingerprint density at radius 3 is 2.69 bits per heavy atom. The van der Waals surface area contributed by atoms with Crippen molar-refractivity contribution in [3.63, 3.8) is 0 Å². The molecule has 0 aliphatic heterocycles. The Morgan fingerprint density at radius 1 is 1.54 bits per heavy atom. The van der Waals surface area contributed by atoms with E-state index in [1.165, 1.54) is 12.8 Å². The quantitative estimate of drug-likeness (QED) is 0.753. The lowest BCUT2D eigenvalue weighted by atomic mass is 10.0. The molecule has 0 spiro atoms. The molecular formula is C10H14N2O. The molecule has 1 aliphatic rings. The van der Waals surface area contributed by atoms with Crippen LogP contribution in [0.2, 0.25) is 0 Å². The molecule has 1 aliphatic carbocycles. The number of methoxy groups -OCH3 is 1. The van der Waals surface area contributed by atoms with Crippen LogP contribution < -0.4 is 10.5 Å². The Bertz CT molecular complexity index is 290. The van der Waals surface area contributed by atoms with E-state index in [0.717, 1.165) is 11.4 Å². The zero-order valence-electron chi connectivity index (χ0n) is 7.79. The van der Waals surface area contributed by atoms with Gasteiger partial charge in [0.05, 0.1) is 13.3 Å². The highest BCUT2D eigenvalue weighted by molar-refractivity contribution is 5.29. The second-order valence-electron chi connectivity index (χ2n) is 3.57. The summed E-state index contributed by atoms with van der Waals surface area (Å²) in [6.07, 6.45) is 4.09. The SMILES string of the molecule is COc1ccc(C2(CN)CC2)nc1. The molecule has 0 aromatic carbocycles. The molecule has 0 unspecified atom stereocenters. The summed E-state index contributed by atoms with van der Waals surface area (Å²) in [6, 6.07) is 3.96. The van der Waals surface area contributed by atoms with E-state index in [1.54, 1.807) is 13.3 Å². The van der Waals surface area contributed by atoms with Gasteiger partial charge >= 0.3 is 0 Å². The van der Waals surface area contributed by atoms with E-state index in [0.29, 0.717) is 6.54 Å². The fourth-order valence-corrected chi connectivity index (χ4v) is 1.53. The average Bonchev–Trinajstić information content (AvgIpc) is 2.99. The van der Waals surface area contributed by atoms with E-state index in [2.05, 4.69) is 4.98 Å². The average molecular weight is 178 g/mol. The maximum atomic E-state index is 5.70. The van der Waals surface area contributed by atoms with Crippen molar-refractivity contribution in [1.82, 2.24) is 4.98 Å². The molecule has 1 fully saturated rings. The first-order chi connectivity index (χ1) is 6.30. The lowest BCUT2D eigenvalue weighted by molar-refractivity contribution is 0.412. The fraction of sp³-hybridized carbons (Fsp3) is 0.500. The van der Waals surface area contributed by atoms with Crippen LogP contribution in [0.15, 0.2) is 18.3 Å². The van der Waals surface area contributed by atoms with Gasteiger partial charge in [-0.25, -0.2) is 0 Å². The summed E-state index contributed by atoms with van der Waals surface area (Å²) in [5.41, 5.74) is 6.99. The van der Waals surface area contributed by atoms with E-state index in [9.17, 15) is 0 Å². The Labute approximate surface area is 77.9 Å². The van der Waals surface area contributed by atoms with E-state index in [-0.39, 0.29) is 5.41 Å². The highest BCUT2D eigenvalue weighted by Crippen LogP contribution is 2.46. The first kappa shape index (κ1) is 8.51. The number of pyridine rings is 1. The third kappa shape index (κ3) is 1.40. The molecule has 1 aromatic rings. The van der Waals surface area contributed by atoms with Crippen molar-refractivity contribution in [2.75, 3.05) is 13.7 Å². The van der Waals surface area contributed by atoms with Crippen LogP contribution >= 0.6 is 0 Å². The molecule has 0 saturated heterocycles. The summed E-state index contributed by atoms with van der Waals surface area (Å²) in [5, 5.41) is 0. The third-order valence-corrected chi connectivity index (χ3v) is 2.76. The molecule has 3 nitrogen and oxygen atoms in total. The molecule has 3 heteroatoms. The maximum absolute atomic E-state index is 5.70. The maximum Gasteiger partial charge on any atom is 0.137 e. The molecule has 13 heavy (non-hydrogen) atoms. The van der Waals surface area contributed by atoms with Crippen molar-refractivity contribution in [1.29, 1.82) is 0 Å². The lowest BCUT2D eigenvalue weighted by Crippen LogP contribution is -2.20. The molecule has 2 rings (SSSR count). The number of nitrogens with zero attached hydrogens (tertiary/aromatic N) is 1. The fourth-order valence-electron chi connectivity index (χ4n) is 1.53. The number of hydrogen-bond donors (Lipinski definition) is 1. The molecule has 1 aromatic heterocycles. The van der Waals surface area contributed by atoms with Crippen LogP contribution in [0.25, 0.3) is 0 Å². The standard InChI is InChI=1S/C10H14N2O/c1-13-8-2-3-9(12-6-8)10(7-11)4-5-10/h2-3,6H,4-5,7,11H2,1H3. The van der Waals surface area contributed by atoms with Gasteiger partial charge in [0.1, 0.15) is 5.75 Å². The van der Waals surface area contributed by atoms with E-state index < -0.39 is 0 Å². The Kier molecular flexibility index (Phi) is 1.96. The highest BCUT2D eigenvalue weighted by atomic mass is 16.5. The Morgan fingerprint density at radius 2 is 2.31 bits per heavy atom. The minimum absolute atomic E-state index is 0.187. The van der Waals surface area contributed by atoms with Gasteiger partial charge in [-0.3, -0.25) is 4.98 Å². The van der Waals surface area contributed by atoms with Crippen molar-refractivity contribution in [3.8, 4) is 5.75 Å². The second-order valence-corrected chi connectivity index (χ2v) is 3.57. The zero-order chi connectivity index (χ0) is 9.31. The summed E-state index contributed by atoms with van der Waals surface area (Å²) in [5.74, 6) is 0.802. The van der Waals surface area contributed by atoms with E-state index >= 15 is 0 Å². The highest BCUT2D eigenvalue weighted by Gasteiger charge is 2.44. The van der Waals surface area contributed by atoms with Crippen LogP contribution in [0.4, 0.5) is 0 Å². The Balaban J connectivity index is 2.23. The van der Waals surface area contributed by atoms with Gasteiger partial charge < -0.3 is 10.5 Å². The van der Waals surface area contributed by atoms with Gasteiger partial charge in [-0.05, 0) is 25.0 Å². The number of hydrogen-bond acceptors (Lipinski definition) is 3. The summed E-state index contributed by atoms with van der Waals surface area (Å²) >= 11 is 0. The van der Waals surface area contributed by atoms with Gasteiger partial charge in [0.2, 0.25) is 0 Å². The van der Waals surface area contributed by atoms with Crippen molar-refractivity contribution >= 4 is 0 Å². The van der Waals surface area contributed by atoms with Crippen LogP contribution in [-0.4, -0.2) is 18.6 Å². The summed E-state index contributed by atoms with van der Waals surface area (Å²) < 4.78 is 5.04. The third-order valence-electron chi connectivity index (χ3n) is 2.76. The number of aromatic nitrogens is 1. The Hall–Kier alpha value is -1.09. The molecular weight excluding hydrogens is 164 g/mol. The second kappa shape index (κ2) is 3.00. The van der Waals surface area contributed by atoms with Gasteiger partial charge in [0, 0.05) is 17.7 Å². The van der Waals surface area contributed by atoms with Crippen molar-refractivity contribution in [3.05, 3.63) is 24.0 Å². The minimum atomic E-state index is 0.187. The van der Waals surface area contributed by atoms with Gasteiger partial charge in [-0.15, -0.1) is 0 Å². The normalized spacial score (nSPS) is 18.3. The van der Waals surface area contributed by atoms with Gasteiger partial charge in [0.15, 0.2) is 0 Å². The number of rotatable bonds is 3. The first-order valence-corrected chi connectivity index (χ1v) is 4.51. The predicted octanol–water partition coefficient (Wildman–Crippen LogP) is 1.08. The monoisotopic (exact) mass is 178 g/mol. The largest absolute Gasteiger partial charge is 0.495 e. The molecule has 1 saturated carbocycles. The molecule has 1 heterocycles. The van der Waals surface area contributed by atoms with Crippen LogP contribution in [0.3, 0.4) is 0 Å². The molecule has 70 valence electrons. The topological polar surface area (TPSA) is 48.1 Å². The molecule has 2 N–H and O–H groups in total. The van der Waals surface area contributed by atoms with Crippen LogP contribution in [0.5, 0.6) is 5.75 Å². The summed E-state index contributed by atoms with van der Waals surface area (Å²) in [7, 11) is 1.65. The molecule has 0 amide bonds. The van der Waals surface area contributed by atoms with E-state index in [1.807, 2.05) is 12.1 Å².